The predicted octanol–water partition coefficient (Wildman–Crippen LogP) is 5.15. The minimum atomic E-state index is -4.86. The molecular formula is C29H22F3N3O5. The highest BCUT2D eigenvalue weighted by Gasteiger charge is 2.43. The lowest BCUT2D eigenvalue weighted by Gasteiger charge is -2.36. The number of benzene rings is 3. The molecule has 0 aliphatic carbocycles. The summed E-state index contributed by atoms with van der Waals surface area (Å²) < 4.78 is 52.0. The summed E-state index contributed by atoms with van der Waals surface area (Å²) in [6.07, 6.45) is -4.86. The second-order valence-electron chi connectivity index (χ2n) is 8.42. The smallest absolute Gasteiger partial charge is 0.466 e. The highest BCUT2D eigenvalue weighted by molar-refractivity contribution is 6.07. The summed E-state index contributed by atoms with van der Waals surface area (Å²) in [7, 11) is 2.27. The number of carbonyl (C=O) groups is 2. The highest BCUT2D eigenvalue weighted by atomic mass is 19.4. The zero-order chi connectivity index (χ0) is 29.0. The summed E-state index contributed by atoms with van der Waals surface area (Å²) >= 11 is 0. The topological polar surface area (TPSA) is 115 Å². The summed E-state index contributed by atoms with van der Waals surface area (Å²) in [6.45, 7) is 0. The minimum absolute atomic E-state index is 0.0250. The first-order valence-electron chi connectivity index (χ1n) is 11.7. The Morgan fingerprint density at radius 2 is 1.50 bits per heavy atom. The Labute approximate surface area is 227 Å². The Balaban J connectivity index is 1.98. The van der Waals surface area contributed by atoms with E-state index >= 15 is 0 Å². The number of allylic oxidation sites excluding steroid dienone is 1. The van der Waals surface area contributed by atoms with Crippen LogP contribution in [0.2, 0.25) is 0 Å². The van der Waals surface area contributed by atoms with Crippen LogP contribution in [0.1, 0.15) is 11.5 Å². The van der Waals surface area contributed by atoms with E-state index in [4.69, 9.17) is 15.2 Å². The number of halogens is 3. The van der Waals surface area contributed by atoms with Gasteiger partial charge in [-0.15, -0.1) is 13.2 Å². The number of esters is 2. The number of methoxy groups -OCH3 is 2. The van der Waals surface area contributed by atoms with Gasteiger partial charge in [0.2, 0.25) is 0 Å². The average molecular weight is 550 g/mol. The van der Waals surface area contributed by atoms with Gasteiger partial charge in [-0.25, -0.2) is 9.59 Å². The SMILES string of the molecule is COC(=O)C1=C(C(=O)OC)N(c2ccccc2-c2ccc(OC(F)(F)F)cc2)C(N)=C(C#N)C1c1ccccc1. The van der Waals surface area contributed by atoms with Crippen LogP contribution in [0.5, 0.6) is 5.75 Å². The van der Waals surface area contributed by atoms with Gasteiger partial charge in [-0.2, -0.15) is 5.26 Å². The third-order valence-electron chi connectivity index (χ3n) is 6.15. The van der Waals surface area contributed by atoms with Crippen LogP contribution >= 0.6 is 0 Å². The number of nitrogens with two attached hydrogens (primary N) is 1. The van der Waals surface area contributed by atoms with Gasteiger partial charge < -0.3 is 19.9 Å². The van der Waals surface area contributed by atoms with Crippen molar-refractivity contribution in [2.24, 2.45) is 5.73 Å². The first-order chi connectivity index (χ1) is 19.1. The Morgan fingerprint density at radius 3 is 2.08 bits per heavy atom. The molecule has 1 atom stereocenters. The first kappa shape index (κ1) is 27.8. The van der Waals surface area contributed by atoms with Crippen LogP contribution in [0.4, 0.5) is 18.9 Å². The molecule has 3 aromatic rings. The van der Waals surface area contributed by atoms with Crippen molar-refractivity contribution in [1.29, 1.82) is 5.26 Å². The van der Waals surface area contributed by atoms with Crippen molar-refractivity contribution in [2.45, 2.75) is 12.3 Å². The van der Waals surface area contributed by atoms with E-state index in [1.807, 2.05) is 0 Å². The molecule has 1 aliphatic rings. The fourth-order valence-electron chi connectivity index (χ4n) is 4.51. The van der Waals surface area contributed by atoms with Crippen molar-refractivity contribution >= 4 is 17.6 Å². The molecule has 2 N–H and O–H groups in total. The van der Waals surface area contributed by atoms with Crippen LogP contribution in [-0.4, -0.2) is 32.5 Å². The Morgan fingerprint density at radius 1 is 0.900 bits per heavy atom. The van der Waals surface area contributed by atoms with Crippen molar-refractivity contribution in [3.05, 3.63) is 107 Å². The number of para-hydroxylation sites is 1. The van der Waals surface area contributed by atoms with Gasteiger partial charge >= 0.3 is 18.3 Å². The molecule has 1 aliphatic heterocycles. The average Bonchev–Trinajstić information content (AvgIpc) is 2.95. The van der Waals surface area contributed by atoms with Gasteiger partial charge in [0.1, 0.15) is 17.3 Å². The van der Waals surface area contributed by atoms with Crippen LogP contribution in [0.25, 0.3) is 11.1 Å². The van der Waals surface area contributed by atoms with E-state index in [9.17, 15) is 28.0 Å². The van der Waals surface area contributed by atoms with E-state index in [2.05, 4.69) is 10.8 Å². The standard InChI is InChI=1S/C29H22F3N3O5/c1-38-27(36)24-23(18-8-4-3-5-9-18)21(16-33)26(34)35(25(24)28(37)39-2)22-11-7-6-10-20(22)17-12-14-19(15-13-17)40-29(30,31)32/h3-15,23H,34H2,1-2H3. The molecule has 0 saturated carbocycles. The van der Waals surface area contributed by atoms with E-state index < -0.39 is 30.0 Å². The van der Waals surface area contributed by atoms with E-state index in [1.165, 1.54) is 17.0 Å². The largest absolute Gasteiger partial charge is 0.573 e. The third-order valence-corrected chi connectivity index (χ3v) is 6.15. The van der Waals surface area contributed by atoms with Crippen molar-refractivity contribution in [3.8, 4) is 22.9 Å². The monoisotopic (exact) mass is 549 g/mol. The zero-order valence-corrected chi connectivity index (χ0v) is 21.2. The third kappa shape index (κ3) is 5.33. The van der Waals surface area contributed by atoms with Gasteiger partial charge in [0, 0.05) is 5.56 Å². The number of nitrogens with zero attached hydrogens (tertiary/aromatic N) is 2. The molecule has 0 radical (unpaired) electrons. The molecule has 4 rings (SSSR count). The molecule has 0 aromatic heterocycles. The molecule has 11 heteroatoms. The minimum Gasteiger partial charge on any atom is -0.466 e. The summed E-state index contributed by atoms with van der Waals surface area (Å²) in [4.78, 5) is 27.8. The van der Waals surface area contributed by atoms with E-state index in [0.29, 0.717) is 16.7 Å². The van der Waals surface area contributed by atoms with E-state index in [-0.39, 0.29) is 28.4 Å². The molecule has 0 saturated heterocycles. The lowest BCUT2D eigenvalue weighted by Crippen LogP contribution is -2.41. The number of ether oxygens (including phenoxy) is 3. The number of alkyl halides is 3. The summed E-state index contributed by atoms with van der Waals surface area (Å²) in [5.74, 6) is -3.42. The van der Waals surface area contributed by atoms with E-state index in [0.717, 1.165) is 26.4 Å². The number of hydrogen-bond donors (Lipinski definition) is 1. The van der Waals surface area contributed by atoms with Gasteiger partial charge in [0.05, 0.1) is 43.0 Å². The maximum Gasteiger partial charge on any atom is 0.573 e. The number of hydrogen-bond acceptors (Lipinski definition) is 8. The maximum absolute atomic E-state index is 13.3. The molecular weight excluding hydrogens is 527 g/mol. The summed E-state index contributed by atoms with van der Waals surface area (Å²) in [6, 6.07) is 22.2. The van der Waals surface area contributed by atoms with Crippen LogP contribution in [-0.2, 0) is 19.1 Å². The van der Waals surface area contributed by atoms with Crippen molar-refractivity contribution in [2.75, 3.05) is 19.1 Å². The molecule has 40 heavy (non-hydrogen) atoms. The second kappa shape index (κ2) is 11.2. The molecule has 204 valence electrons. The maximum atomic E-state index is 13.3. The molecule has 8 nitrogen and oxygen atoms in total. The van der Waals surface area contributed by atoms with Crippen LogP contribution in [0.15, 0.2) is 102 Å². The fraction of sp³-hybridized carbons (Fsp3) is 0.138. The highest BCUT2D eigenvalue weighted by Crippen LogP contribution is 2.45. The number of nitriles is 1. The Kier molecular flexibility index (Phi) is 7.81. The number of rotatable bonds is 6. The lowest BCUT2D eigenvalue weighted by molar-refractivity contribution is -0.274. The van der Waals surface area contributed by atoms with Gasteiger partial charge in [-0.3, -0.25) is 4.90 Å². The van der Waals surface area contributed by atoms with Crippen LogP contribution in [0.3, 0.4) is 0 Å². The summed E-state index contributed by atoms with van der Waals surface area (Å²) in [5, 5.41) is 10.2. The molecule has 1 unspecified atom stereocenters. The van der Waals surface area contributed by atoms with Gasteiger partial charge in [0.25, 0.3) is 0 Å². The number of anilines is 1. The normalized spacial score (nSPS) is 15.4. The second-order valence-corrected chi connectivity index (χ2v) is 8.42. The zero-order valence-electron chi connectivity index (χ0n) is 21.2. The fourth-order valence-corrected chi connectivity index (χ4v) is 4.51. The molecule has 3 aromatic carbocycles. The van der Waals surface area contributed by atoms with Crippen molar-refractivity contribution < 1.29 is 37.0 Å². The van der Waals surface area contributed by atoms with E-state index in [1.54, 1.807) is 54.6 Å². The van der Waals surface area contributed by atoms with Crippen LogP contribution in [0, 0.1) is 11.3 Å². The van der Waals surface area contributed by atoms with Crippen molar-refractivity contribution in [1.82, 2.24) is 0 Å². The molecule has 1 heterocycles. The number of carbonyl (C=O) groups excluding carboxylic acids is 2. The molecule has 0 amide bonds. The molecule has 0 spiro atoms. The Hall–Kier alpha value is -5.24. The van der Waals surface area contributed by atoms with Crippen LogP contribution < -0.4 is 15.4 Å². The summed E-state index contributed by atoms with van der Waals surface area (Å²) in [5.41, 5.74) is 7.72. The van der Waals surface area contributed by atoms with Gasteiger partial charge in [0.15, 0.2) is 0 Å². The lowest BCUT2D eigenvalue weighted by atomic mass is 9.80. The Bertz CT molecular complexity index is 1540. The molecule has 0 fully saturated rings. The van der Waals surface area contributed by atoms with Gasteiger partial charge in [-0.1, -0.05) is 60.7 Å². The van der Waals surface area contributed by atoms with Crippen molar-refractivity contribution in [3.63, 3.8) is 0 Å². The first-order valence-corrected chi connectivity index (χ1v) is 11.7. The quantitative estimate of drug-likeness (QED) is 0.420. The predicted molar refractivity (Wildman–Crippen MR) is 138 cm³/mol. The molecule has 0 bridgehead atoms. The van der Waals surface area contributed by atoms with Gasteiger partial charge in [-0.05, 0) is 29.3 Å².